The van der Waals surface area contributed by atoms with Gasteiger partial charge in [0.15, 0.2) is 0 Å². The second kappa shape index (κ2) is 6.54. The van der Waals surface area contributed by atoms with Crippen molar-refractivity contribution in [3.8, 4) is 0 Å². The summed E-state index contributed by atoms with van der Waals surface area (Å²) >= 11 is 0. The Kier molecular flexibility index (Phi) is 5.12. The number of likely N-dealkylation sites (tertiary alicyclic amines) is 2. The molecule has 0 saturated carbocycles. The summed E-state index contributed by atoms with van der Waals surface area (Å²) in [4.78, 5) is 28.5. The van der Waals surface area contributed by atoms with Gasteiger partial charge >= 0.3 is 0 Å². The molecule has 2 aliphatic rings. The zero-order chi connectivity index (χ0) is 16.5. The number of rotatable bonds is 5. The Morgan fingerprint density at radius 2 is 1.95 bits per heavy atom. The van der Waals surface area contributed by atoms with Crippen molar-refractivity contribution in [2.75, 3.05) is 19.6 Å². The minimum atomic E-state index is -0.946. The smallest absolute Gasteiger partial charge is 0.243 e. The first-order valence-electron chi connectivity index (χ1n) is 8.33. The minimum Gasteiger partial charge on any atom is -0.391 e. The lowest BCUT2D eigenvalue weighted by Crippen LogP contribution is -2.60. The zero-order valence-corrected chi connectivity index (χ0v) is 13.9. The first kappa shape index (κ1) is 17.2. The third-order valence-electron chi connectivity index (χ3n) is 4.97. The number of nitrogens with zero attached hydrogens (tertiary/aromatic N) is 2. The Labute approximate surface area is 132 Å². The lowest BCUT2D eigenvalue weighted by atomic mass is 9.84. The first-order chi connectivity index (χ1) is 10.3. The van der Waals surface area contributed by atoms with Crippen molar-refractivity contribution in [2.45, 2.75) is 64.1 Å². The van der Waals surface area contributed by atoms with E-state index in [1.54, 1.807) is 0 Å². The van der Waals surface area contributed by atoms with Crippen molar-refractivity contribution in [3.05, 3.63) is 0 Å². The van der Waals surface area contributed by atoms with Gasteiger partial charge in [-0.05, 0) is 45.1 Å². The molecule has 2 fully saturated rings. The topological polar surface area (TPSA) is 86.9 Å². The standard InChI is InChI=1S/C16H29N3O3/c1-11(2)10-18-8-5-4-6-16(18)7-9-19(15(16)22)13(12(3)20)14(17)21/h11-13,20H,4-10H2,1-3H3,(H2,17,21)/t12-,13+,16?/m1/s1. The number of carbonyl (C=O) groups is 2. The highest BCUT2D eigenvalue weighted by atomic mass is 16.3. The van der Waals surface area contributed by atoms with Crippen molar-refractivity contribution in [3.63, 3.8) is 0 Å². The van der Waals surface area contributed by atoms with Crippen LogP contribution in [0.25, 0.3) is 0 Å². The monoisotopic (exact) mass is 311 g/mol. The van der Waals surface area contributed by atoms with Gasteiger partial charge in [-0.1, -0.05) is 13.8 Å². The predicted octanol–water partition coefficient (Wildman–Crippen LogP) is 0.334. The molecule has 0 bridgehead atoms. The summed E-state index contributed by atoms with van der Waals surface area (Å²) in [6.45, 7) is 8.12. The molecule has 22 heavy (non-hydrogen) atoms. The van der Waals surface area contributed by atoms with Gasteiger partial charge in [-0.15, -0.1) is 0 Å². The summed E-state index contributed by atoms with van der Waals surface area (Å²) in [5, 5.41) is 9.85. The molecule has 1 unspecified atom stereocenters. The minimum absolute atomic E-state index is 0.0300. The fourth-order valence-corrected chi connectivity index (χ4v) is 4.02. The van der Waals surface area contributed by atoms with Gasteiger partial charge in [-0.3, -0.25) is 14.5 Å². The number of nitrogens with two attached hydrogens (primary N) is 1. The summed E-state index contributed by atoms with van der Waals surface area (Å²) in [5.74, 6) is -0.176. The van der Waals surface area contributed by atoms with Gasteiger partial charge in [0.1, 0.15) is 11.6 Å². The lowest BCUT2D eigenvalue weighted by molar-refractivity contribution is -0.148. The normalized spacial score (nSPS) is 29.3. The van der Waals surface area contributed by atoms with Crippen molar-refractivity contribution in [1.29, 1.82) is 0 Å². The second-order valence-electron chi connectivity index (χ2n) is 7.16. The van der Waals surface area contributed by atoms with Crippen LogP contribution in [0.4, 0.5) is 0 Å². The Balaban J connectivity index is 2.25. The summed E-state index contributed by atoms with van der Waals surface area (Å²) in [5.41, 5.74) is 4.91. The second-order valence-corrected chi connectivity index (χ2v) is 7.16. The van der Waals surface area contributed by atoms with Crippen LogP contribution >= 0.6 is 0 Å². The van der Waals surface area contributed by atoms with Crippen LogP contribution in [0.5, 0.6) is 0 Å². The Bertz CT molecular complexity index is 438. The van der Waals surface area contributed by atoms with Crippen molar-refractivity contribution >= 4 is 11.8 Å². The molecule has 126 valence electrons. The predicted molar refractivity (Wildman–Crippen MR) is 84.0 cm³/mol. The third kappa shape index (κ3) is 2.99. The first-order valence-corrected chi connectivity index (χ1v) is 8.33. The molecule has 0 aliphatic carbocycles. The Morgan fingerprint density at radius 1 is 1.27 bits per heavy atom. The number of carbonyl (C=O) groups excluding carboxylic acids is 2. The van der Waals surface area contributed by atoms with E-state index in [9.17, 15) is 14.7 Å². The van der Waals surface area contributed by atoms with Gasteiger partial charge in [-0.2, -0.15) is 0 Å². The average molecular weight is 311 g/mol. The molecule has 2 rings (SSSR count). The maximum atomic E-state index is 13.1. The molecule has 0 aromatic carbocycles. The molecule has 2 aliphatic heterocycles. The molecule has 2 heterocycles. The SMILES string of the molecule is CC(C)CN1CCCCC12CCN([C@H](C(N)=O)[C@@H](C)O)C2=O. The highest BCUT2D eigenvalue weighted by molar-refractivity contribution is 5.93. The molecular weight excluding hydrogens is 282 g/mol. The molecule has 0 aromatic rings. The van der Waals surface area contributed by atoms with Crippen LogP contribution in [-0.2, 0) is 9.59 Å². The highest BCUT2D eigenvalue weighted by Gasteiger charge is 2.54. The van der Waals surface area contributed by atoms with E-state index in [1.807, 2.05) is 0 Å². The summed E-state index contributed by atoms with van der Waals surface area (Å²) in [6, 6.07) is -0.922. The van der Waals surface area contributed by atoms with Crippen LogP contribution in [0.15, 0.2) is 0 Å². The molecular formula is C16H29N3O3. The average Bonchev–Trinajstić information content (AvgIpc) is 2.71. The Morgan fingerprint density at radius 3 is 2.50 bits per heavy atom. The van der Waals surface area contributed by atoms with Gasteiger partial charge < -0.3 is 15.7 Å². The highest BCUT2D eigenvalue weighted by Crippen LogP contribution is 2.39. The third-order valence-corrected chi connectivity index (χ3v) is 4.97. The molecule has 6 heteroatoms. The summed E-state index contributed by atoms with van der Waals surface area (Å²) < 4.78 is 0. The summed E-state index contributed by atoms with van der Waals surface area (Å²) in [6.07, 6.45) is 2.75. The Hall–Kier alpha value is -1.14. The molecule has 2 amide bonds. The molecule has 1 spiro atoms. The molecule has 2 saturated heterocycles. The van der Waals surface area contributed by atoms with Gasteiger partial charge in [0.25, 0.3) is 0 Å². The molecule has 0 radical (unpaired) electrons. The lowest BCUT2D eigenvalue weighted by Gasteiger charge is -2.44. The van der Waals surface area contributed by atoms with E-state index in [0.29, 0.717) is 12.5 Å². The number of aliphatic hydroxyl groups is 1. The van der Waals surface area contributed by atoms with Crippen LogP contribution in [-0.4, -0.2) is 64.0 Å². The van der Waals surface area contributed by atoms with Crippen LogP contribution < -0.4 is 5.73 Å². The van der Waals surface area contributed by atoms with Gasteiger partial charge in [-0.25, -0.2) is 0 Å². The van der Waals surface area contributed by atoms with E-state index >= 15 is 0 Å². The van der Waals surface area contributed by atoms with Gasteiger partial charge in [0, 0.05) is 13.1 Å². The number of hydrogen-bond donors (Lipinski definition) is 2. The van der Waals surface area contributed by atoms with Crippen LogP contribution in [0.2, 0.25) is 0 Å². The maximum absolute atomic E-state index is 13.1. The van der Waals surface area contributed by atoms with Gasteiger partial charge in [0.05, 0.1) is 6.10 Å². The van der Waals surface area contributed by atoms with Crippen molar-refractivity contribution in [1.82, 2.24) is 9.80 Å². The van der Waals surface area contributed by atoms with Crippen LogP contribution in [0, 0.1) is 5.92 Å². The van der Waals surface area contributed by atoms with E-state index in [1.165, 1.54) is 11.8 Å². The van der Waals surface area contributed by atoms with E-state index in [0.717, 1.165) is 38.8 Å². The van der Waals surface area contributed by atoms with E-state index in [2.05, 4.69) is 18.7 Å². The number of amides is 2. The number of primary amides is 1. The zero-order valence-electron chi connectivity index (χ0n) is 13.9. The summed E-state index contributed by atoms with van der Waals surface area (Å²) in [7, 11) is 0. The van der Waals surface area contributed by atoms with Crippen LogP contribution in [0.1, 0.15) is 46.5 Å². The van der Waals surface area contributed by atoms with E-state index < -0.39 is 23.6 Å². The fourth-order valence-electron chi connectivity index (χ4n) is 4.02. The molecule has 0 aromatic heterocycles. The van der Waals surface area contributed by atoms with Crippen molar-refractivity contribution in [2.24, 2.45) is 11.7 Å². The van der Waals surface area contributed by atoms with Crippen LogP contribution in [0.3, 0.4) is 0 Å². The largest absolute Gasteiger partial charge is 0.391 e. The van der Waals surface area contributed by atoms with E-state index in [-0.39, 0.29) is 5.91 Å². The number of hydrogen-bond acceptors (Lipinski definition) is 4. The van der Waals surface area contributed by atoms with Crippen molar-refractivity contribution < 1.29 is 14.7 Å². The molecule has 3 atom stereocenters. The number of piperidine rings is 1. The number of aliphatic hydroxyl groups excluding tert-OH is 1. The maximum Gasteiger partial charge on any atom is 0.243 e. The molecule has 6 nitrogen and oxygen atoms in total. The van der Waals surface area contributed by atoms with E-state index in [4.69, 9.17) is 5.73 Å². The van der Waals surface area contributed by atoms with Gasteiger partial charge in [0.2, 0.25) is 11.8 Å². The molecule has 3 N–H and O–H groups in total. The quantitative estimate of drug-likeness (QED) is 0.766. The fraction of sp³-hybridized carbons (Fsp3) is 0.875.